The summed E-state index contributed by atoms with van der Waals surface area (Å²) in [7, 11) is 0. The first-order chi connectivity index (χ1) is 7.45. The lowest BCUT2D eigenvalue weighted by Crippen LogP contribution is -2.44. The van der Waals surface area contributed by atoms with Crippen molar-refractivity contribution >= 4 is 11.5 Å². The molecule has 0 aliphatic carbocycles. The first-order valence-corrected chi connectivity index (χ1v) is 5.91. The lowest BCUT2D eigenvalue weighted by atomic mass is 10.1. The van der Waals surface area contributed by atoms with Gasteiger partial charge in [0.1, 0.15) is 0 Å². The minimum atomic E-state index is 0.662. The van der Waals surface area contributed by atoms with Crippen LogP contribution in [0.1, 0.15) is 25.7 Å². The molecule has 15 heavy (non-hydrogen) atoms. The normalized spacial score (nSPS) is 24.8. The minimum absolute atomic E-state index is 0.662. The van der Waals surface area contributed by atoms with Crippen molar-refractivity contribution in [3.63, 3.8) is 0 Å². The molecule has 3 heteroatoms. The zero-order valence-corrected chi connectivity index (χ0v) is 8.95. The third-order valence-corrected chi connectivity index (χ3v) is 3.46. The van der Waals surface area contributed by atoms with E-state index in [1.807, 2.05) is 12.3 Å². The number of pyridine rings is 1. The van der Waals surface area contributed by atoms with Crippen molar-refractivity contribution in [3.8, 4) is 0 Å². The van der Waals surface area contributed by atoms with E-state index in [1.165, 1.54) is 37.9 Å². The van der Waals surface area contributed by atoms with Crippen LogP contribution in [0.5, 0.6) is 0 Å². The molecule has 1 unspecified atom stereocenters. The molecule has 0 spiro atoms. The molecular weight excluding hydrogens is 186 g/mol. The Hall–Kier alpha value is -1.25. The van der Waals surface area contributed by atoms with Gasteiger partial charge in [0, 0.05) is 25.3 Å². The zero-order valence-electron chi connectivity index (χ0n) is 8.95. The standard InChI is InChI=1S/C12H17N3/c1-2-5-10-9-14-11-6-4-7-13-12(11)15(10)8-3-1/h4,6-7,10,14H,1-3,5,8-9H2. The van der Waals surface area contributed by atoms with Crippen LogP contribution in [0.15, 0.2) is 18.3 Å². The number of fused-ring (bicyclic) bond motifs is 3. The highest BCUT2D eigenvalue weighted by molar-refractivity contribution is 5.68. The van der Waals surface area contributed by atoms with Gasteiger partial charge in [0.05, 0.1) is 5.69 Å². The van der Waals surface area contributed by atoms with E-state index in [-0.39, 0.29) is 0 Å². The summed E-state index contributed by atoms with van der Waals surface area (Å²) in [4.78, 5) is 7.01. The molecule has 0 amide bonds. The molecule has 3 heterocycles. The van der Waals surface area contributed by atoms with Crippen molar-refractivity contribution in [2.45, 2.75) is 31.7 Å². The topological polar surface area (TPSA) is 28.2 Å². The smallest absolute Gasteiger partial charge is 0.152 e. The maximum absolute atomic E-state index is 4.51. The SMILES string of the molecule is c1cnc2c(c1)NCC1CCCCCN21. The van der Waals surface area contributed by atoms with E-state index in [1.54, 1.807) is 0 Å². The van der Waals surface area contributed by atoms with Gasteiger partial charge in [-0.25, -0.2) is 4.98 Å². The summed E-state index contributed by atoms with van der Waals surface area (Å²) in [5.74, 6) is 1.16. The molecular formula is C12H17N3. The van der Waals surface area contributed by atoms with Crippen molar-refractivity contribution in [3.05, 3.63) is 18.3 Å². The minimum Gasteiger partial charge on any atom is -0.380 e. The zero-order chi connectivity index (χ0) is 10.1. The summed E-state index contributed by atoms with van der Waals surface area (Å²) in [5, 5.41) is 3.49. The molecule has 1 N–H and O–H groups in total. The first kappa shape index (κ1) is 9.01. The van der Waals surface area contributed by atoms with Gasteiger partial charge in [-0.15, -0.1) is 0 Å². The number of anilines is 2. The number of aromatic nitrogens is 1. The average molecular weight is 203 g/mol. The molecule has 0 saturated carbocycles. The van der Waals surface area contributed by atoms with Crippen molar-refractivity contribution < 1.29 is 0 Å². The van der Waals surface area contributed by atoms with Gasteiger partial charge in [-0.2, -0.15) is 0 Å². The molecule has 2 aliphatic rings. The Bertz CT molecular complexity index is 350. The molecule has 3 nitrogen and oxygen atoms in total. The highest BCUT2D eigenvalue weighted by Gasteiger charge is 2.27. The molecule has 0 bridgehead atoms. The average Bonchev–Trinajstić information content (AvgIpc) is 2.54. The molecule has 80 valence electrons. The molecule has 1 saturated heterocycles. The van der Waals surface area contributed by atoms with E-state index in [9.17, 15) is 0 Å². The van der Waals surface area contributed by atoms with Gasteiger partial charge in [0.15, 0.2) is 5.82 Å². The van der Waals surface area contributed by atoms with Gasteiger partial charge in [0.2, 0.25) is 0 Å². The maximum Gasteiger partial charge on any atom is 0.152 e. The summed E-state index contributed by atoms with van der Waals surface area (Å²) in [5.41, 5.74) is 1.20. The van der Waals surface area contributed by atoms with Gasteiger partial charge in [0.25, 0.3) is 0 Å². The highest BCUT2D eigenvalue weighted by Crippen LogP contribution is 2.32. The van der Waals surface area contributed by atoms with Crippen LogP contribution in [-0.4, -0.2) is 24.1 Å². The second kappa shape index (κ2) is 3.72. The molecule has 3 rings (SSSR count). The maximum atomic E-state index is 4.51. The monoisotopic (exact) mass is 203 g/mol. The largest absolute Gasteiger partial charge is 0.380 e. The number of nitrogens with zero attached hydrogens (tertiary/aromatic N) is 2. The summed E-state index contributed by atoms with van der Waals surface area (Å²) >= 11 is 0. The number of rotatable bonds is 0. The summed E-state index contributed by atoms with van der Waals surface area (Å²) in [6, 6.07) is 4.79. The fourth-order valence-electron chi connectivity index (χ4n) is 2.66. The lowest BCUT2D eigenvalue weighted by molar-refractivity contribution is 0.578. The molecule has 1 aromatic heterocycles. The van der Waals surface area contributed by atoms with Crippen LogP contribution in [0.3, 0.4) is 0 Å². The van der Waals surface area contributed by atoms with E-state index < -0.39 is 0 Å². The highest BCUT2D eigenvalue weighted by atomic mass is 15.3. The van der Waals surface area contributed by atoms with Crippen LogP contribution in [-0.2, 0) is 0 Å². The second-order valence-corrected chi connectivity index (χ2v) is 4.45. The van der Waals surface area contributed by atoms with Crippen LogP contribution in [0.2, 0.25) is 0 Å². The van der Waals surface area contributed by atoms with Crippen LogP contribution in [0.4, 0.5) is 11.5 Å². The van der Waals surface area contributed by atoms with Gasteiger partial charge in [-0.05, 0) is 25.0 Å². The van der Waals surface area contributed by atoms with Crippen molar-refractivity contribution in [2.75, 3.05) is 23.3 Å². The van der Waals surface area contributed by atoms with Crippen molar-refractivity contribution in [2.24, 2.45) is 0 Å². The summed E-state index contributed by atoms with van der Waals surface area (Å²) < 4.78 is 0. The molecule has 0 aromatic carbocycles. The Morgan fingerprint density at radius 1 is 1.33 bits per heavy atom. The quantitative estimate of drug-likeness (QED) is 0.701. The Morgan fingerprint density at radius 3 is 3.33 bits per heavy atom. The number of nitrogens with one attached hydrogen (secondary N) is 1. The summed E-state index contributed by atoms with van der Waals surface area (Å²) in [6.45, 7) is 2.26. The lowest BCUT2D eigenvalue weighted by Gasteiger charge is -2.37. The van der Waals surface area contributed by atoms with Gasteiger partial charge < -0.3 is 10.2 Å². The predicted molar refractivity (Wildman–Crippen MR) is 62.3 cm³/mol. The van der Waals surface area contributed by atoms with Gasteiger partial charge in [-0.3, -0.25) is 0 Å². The Labute approximate surface area is 90.5 Å². The van der Waals surface area contributed by atoms with E-state index in [2.05, 4.69) is 21.3 Å². The van der Waals surface area contributed by atoms with Crippen LogP contribution < -0.4 is 10.2 Å². The molecule has 1 fully saturated rings. The van der Waals surface area contributed by atoms with E-state index in [4.69, 9.17) is 0 Å². The molecule has 2 aliphatic heterocycles. The van der Waals surface area contributed by atoms with Crippen LogP contribution >= 0.6 is 0 Å². The third kappa shape index (κ3) is 1.56. The molecule has 1 atom stereocenters. The van der Waals surface area contributed by atoms with E-state index in [0.717, 1.165) is 12.4 Å². The Kier molecular flexibility index (Phi) is 2.24. The van der Waals surface area contributed by atoms with Crippen molar-refractivity contribution in [1.29, 1.82) is 0 Å². The fourth-order valence-corrected chi connectivity index (χ4v) is 2.66. The fraction of sp³-hybridized carbons (Fsp3) is 0.583. The van der Waals surface area contributed by atoms with E-state index >= 15 is 0 Å². The summed E-state index contributed by atoms with van der Waals surface area (Å²) in [6.07, 6.45) is 7.25. The van der Waals surface area contributed by atoms with Gasteiger partial charge in [-0.1, -0.05) is 12.8 Å². The molecule has 1 aromatic rings. The van der Waals surface area contributed by atoms with Crippen LogP contribution in [0, 0.1) is 0 Å². The Morgan fingerprint density at radius 2 is 2.33 bits per heavy atom. The van der Waals surface area contributed by atoms with E-state index in [0.29, 0.717) is 6.04 Å². The Balaban J connectivity index is 1.96. The second-order valence-electron chi connectivity index (χ2n) is 4.45. The number of hydrogen-bond donors (Lipinski definition) is 1. The van der Waals surface area contributed by atoms with Crippen LogP contribution in [0.25, 0.3) is 0 Å². The number of hydrogen-bond acceptors (Lipinski definition) is 3. The first-order valence-electron chi connectivity index (χ1n) is 5.91. The molecule has 0 radical (unpaired) electrons. The predicted octanol–water partition coefficient (Wildman–Crippen LogP) is 2.26. The van der Waals surface area contributed by atoms with Gasteiger partial charge >= 0.3 is 0 Å². The third-order valence-electron chi connectivity index (χ3n) is 3.46. The van der Waals surface area contributed by atoms with Crippen molar-refractivity contribution in [1.82, 2.24) is 4.98 Å².